The fourth-order valence-corrected chi connectivity index (χ4v) is 4.10. The average Bonchev–Trinajstić information content (AvgIpc) is 2.70. The van der Waals surface area contributed by atoms with Crippen molar-refractivity contribution in [3.8, 4) is 0 Å². The van der Waals surface area contributed by atoms with Crippen molar-refractivity contribution >= 4 is 29.9 Å². The molecule has 1 saturated carbocycles. The highest BCUT2D eigenvalue weighted by Crippen LogP contribution is 2.33. The molecule has 2 fully saturated rings. The highest BCUT2D eigenvalue weighted by atomic mass is 127. The van der Waals surface area contributed by atoms with Gasteiger partial charge in [0.2, 0.25) is 0 Å². The Balaban J connectivity index is 0.00000243. The van der Waals surface area contributed by atoms with Gasteiger partial charge in [0.25, 0.3) is 0 Å². The monoisotopic (exact) mass is 472 g/mol. The summed E-state index contributed by atoms with van der Waals surface area (Å²) in [7, 11) is 1.85. The molecular formula is C20H33IN4O. The molecule has 6 heteroatoms. The van der Waals surface area contributed by atoms with Gasteiger partial charge in [-0.25, -0.2) is 0 Å². The molecule has 146 valence electrons. The summed E-state index contributed by atoms with van der Waals surface area (Å²) < 4.78 is 5.57. The smallest absolute Gasteiger partial charge is 0.191 e. The molecule has 1 aromatic carbocycles. The Labute approximate surface area is 175 Å². The van der Waals surface area contributed by atoms with Gasteiger partial charge >= 0.3 is 0 Å². The predicted octanol–water partition coefficient (Wildman–Crippen LogP) is 3.00. The van der Waals surface area contributed by atoms with Gasteiger partial charge in [0, 0.05) is 38.8 Å². The summed E-state index contributed by atoms with van der Waals surface area (Å²) in [6, 6.07) is 10.5. The predicted molar refractivity (Wildman–Crippen MR) is 118 cm³/mol. The first-order valence-corrected chi connectivity index (χ1v) is 9.64. The summed E-state index contributed by atoms with van der Waals surface area (Å²) in [4.78, 5) is 7.07. The normalized spacial score (nSPS) is 20.9. The third kappa shape index (κ3) is 5.82. The van der Waals surface area contributed by atoms with Gasteiger partial charge in [0.05, 0.1) is 13.2 Å². The molecule has 2 aliphatic rings. The first-order valence-electron chi connectivity index (χ1n) is 9.64. The third-order valence-corrected chi connectivity index (χ3v) is 5.58. The molecule has 1 aromatic rings. The molecule has 0 bridgehead atoms. The largest absolute Gasteiger partial charge is 0.379 e. The molecule has 26 heavy (non-hydrogen) atoms. The van der Waals surface area contributed by atoms with E-state index in [9.17, 15) is 0 Å². The number of morpholine rings is 1. The van der Waals surface area contributed by atoms with Crippen LogP contribution in [0.2, 0.25) is 0 Å². The molecule has 0 atom stereocenters. The molecule has 1 aliphatic heterocycles. The molecular weight excluding hydrogens is 439 g/mol. The van der Waals surface area contributed by atoms with Crippen molar-refractivity contribution in [3.63, 3.8) is 0 Å². The van der Waals surface area contributed by atoms with E-state index in [0.717, 1.165) is 45.4 Å². The maximum atomic E-state index is 5.57. The maximum absolute atomic E-state index is 5.57. The highest BCUT2D eigenvalue weighted by Gasteiger charge is 2.38. The molecule has 2 N–H and O–H groups in total. The molecule has 3 rings (SSSR count). The van der Waals surface area contributed by atoms with Crippen molar-refractivity contribution in [2.24, 2.45) is 4.99 Å². The van der Waals surface area contributed by atoms with Crippen LogP contribution in [0.15, 0.2) is 35.3 Å². The van der Waals surface area contributed by atoms with Crippen molar-refractivity contribution in [1.82, 2.24) is 15.5 Å². The van der Waals surface area contributed by atoms with Crippen LogP contribution < -0.4 is 10.6 Å². The van der Waals surface area contributed by atoms with Crippen LogP contribution in [0.25, 0.3) is 0 Å². The van der Waals surface area contributed by atoms with E-state index in [0.29, 0.717) is 0 Å². The fraction of sp³-hybridized carbons (Fsp3) is 0.650. The van der Waals surface area contributed by atoms with E-state index in [4.69, 9.17) is 4.74 Å². The zero-order chi connectivity index (χ0) is 17.4. The van der Waals surface area contributed by atoms with Crippen molar-refractivity contribution < 1.29 is 4.74 Å². The van der Waals surface area contributed by atoms with Gasteiger partial charge in [0.15, 0.2) is 5.96 Å². The quantitative estimate of drug-likeness (QED) is 0.393. The number of aliphatic imine (C=N–C) groups is 1. The second-order valence-electron chi connectivity index (χ2n) is 7.15. The number of hydrogen-bond acceptors (Lipinski definition) is 3. The summed E-state index contributed by atoms with van der Waals surface area (Å²) in [6.45, 7) is 5.59. The minimum atomic E-state index is 0. The molecule has 1 aliphatic carbocycles. The third-order valence-electron chi connectivity index (χ3n) is 5.58. The Morgan fingerprint density at radius 1 is 1.08 bits per heavy atom. The lowest BCUT2D eigenvalue weighted by molar-refractivity contribution is -0.0352. The number of hydrogen-bond donors (Lipinski definition) is 2. The molecule has 5 nitrogen and oxygen atoms in total. The zero-order valence-electron chi connectivity index (χ0n) is 15.9. The van der Waals surface area contributed by atoms with E-state index < -0.39 is 0 Å². The summed E-state index contributed by atoms with van der Waals surface area (Å²) in [5.74, 6) is 0.891. The Bertz CT molecular complexity index is 540. The second kappa shape index (κ2) is 11.1. The Morgan fingerprint density at radius 2 is 1.77 bits per heavy atom. The molecule has 0 unspecified atom stereocenters. The van der Waals surface area contributed by atoms with Crippen LogP contribution in [0, 0.1) is 0 Å². The molecule has 0 aromatic heterocycles. The first kappa shape index (κ1) is 21.4. The van der Waals surface area contributed by atoms with Crippen LogP contribution in [0.3, 0.4) is 0 Å². The number of benzene rings is 1. The standard InChI is InChI=1S/C20H32N4O.HI/c1-21-19(22-16-18-8-4-2-5-9-18)23-17-20(10-6-3-7-11-20)24-12-14-25-15-13-24;/h2,4-5,8-9H,3,6-7,10-17H2,1H3,(H2,21,22,23);1H. The van der Waals surface area contributed by atoms with E-state index in [1.807, 2.05) is 13.1 Å². The van der Waals surface area contributed by atoms with Crippen LogP contribution in [-0.4, -0.2) is 56.3 Å². The van der Waals surface area contributed by atoms with Crippen LogP contribution in [0.1, 0.15) is 37.7 Å². The number of ether oxygens (including phenoxy) is 1. The maximum Gasteiger partial charge on any atom is 0.191 e. The lowest BCUT2D eigenvalue weighted by Gasteiger charge is -2.48. The van der Waals surface area contributed by atoms with Crippen molar-refractivity contribution in [1.29, 1.82) is 0 Å². The van der Waals surface area contributed by atoms with E-state index in [-0.39, 0.29) is 29.5 Å². The zero-order valence-corrected chi connectivity index (χ0v) is 18.2. The summed E-state index contributed by atoms with van der Waals surface area (Å²) in [6.07, 6.45) is 6.57. The van der Waals surface area contributed by atoms with Crippen LogP contribution in [-0.2, 0) is 11.3 Å². The number of halogens is 1. The summed E-state index contributed by atoms with van der Waals surface area (Å²) >= 11 is 0. The molecule has 1 saturated heterocycles. The molecule has 0 radical (unpaired) electrons. The van der Waals surface area contributed by atoms with Gasteiger partial charge < -0.3 is 15.4 Å². The lowest BCUT2D eigenvalue weighted by atomic mass is 9.80. The molecule has 0 spiro atoms. The summed E-state index contributed by atoms with van der Waals surface area (Å²) in [5, 5.41) is 7.05. The Hall–Kier alpha value is -0.860. The van der Waals surface area contributed by atoms with E-state index in [2.05, 4.69) is 44.8 Å². The van der Waals surface area contributed by atoms with Gasteiger partial charge in [-0.05, 0) is 18.4 Å². The van der Waals surface area contributed by atoms with Gasteiger partial charge in [-0.15, -0.1) is 24.0 Å². The fourth-order valence-electron chi connectivity index (χ4n) is 4.10. The van der Waals surface area contributed by atoms with E-state index in [1.54, 1.807) is 0 Å². The van der Waals surface area contributed by atoms with Gasteiger partial charge in [-0.2, -0.15) is 0 Å². The SMILES string of the molecule is CN=C(NCc1ccccc1)NCC1(N2CCOCC2)CCCCC1.I. The Morgan fingerprint density at radius 3 is 2.42 bits per heavy atom. The number of rotatable bonds is 5. The minimum Gasteiger partial charge on any atom is -0.379 e. The number of nitrogens with zero attached hydrogens (tertiary/aromatic N) is 2. The first-order chi connectivity index (χ1) is 12.3. The van der Waals surface area contributed by atoms with Crippen molar-refractivity contribution in [2.45, 2.75) is 44.2 Å². The number of nitrogens with one attached hydrogen (secondary N) is 2. The van der Waals surface area contributed by atoms with Crippen LogP contribution in [0.4, 0.5) is 0 Å². The minimum absolute atomic E-state index is 0. The Kier molecular flexibility index (Phi) is 9.15. The molecule has 0 amide bonds. The highest BCUT2D eigenvalue weighted by molar-refractivity contribution is 14.0. The number of guanidine groups is 1. The van der Waals surface area contributed by atoms with Gasteiger partial charge in [-0.1, -0.05) is 49.6 Å². The van der Waals surface area contributed by atoms with Crippen LogP contribution in [0.5, 0.6) is 0 Å². The second-order valence-corrected chi connectivity index (χ2v) is 7.15. The van der Waals surface area contributed by atoms with E-state index in [1.165, 1.54) is 37.7 Å². The van der Waals surface area contributed by atoms with Crippen molar-refractivity contribution in [2.75, 3.05) is 39.9 Å². The topological polar surface area (TPSA) is 48.9 Å². The van der Waals surface area contributed by atoms with Gasteiger partial charge in [0.1, 0.15) is 0 Å². The molecule has 1 heterocycles. The lowest BCUT2D eigenvalue weighted by Crippen LogP contribution is -2.60. The van der Waals surface area contributed by atoms with Crippen molar-refractivity contribution in [3.05, 3.63) is 35.9 Å². The summed E-state index contributed by atoms with van der Waals surface area (Å²) in [5.41, 5.74) is 1.53. The van der Waals surface area contributed by atoms with Gasteiger partial charge in [-0.3, -0.25) is 9.89 Å². The average molecular weight is 472 g/mol. The van der Waals surface area contributed by atoms with Crippen LogP contribution >= 0.6 is 24.0 Å². The van der Waals surface area contributed by atoms with E-state index >= 15 is 0 Å².